The molecule has 1 unspecified atom stereocenters. The van der Waals surface area contributed by atoms with Gasteiger partial charge in [0.1, 0.15) is 18.0 Å². The standard InChI is InChI=1S/C23H25N3O4/c1-16-21(23(28)26(25(16)2)17-9-4-3-5-10-17)24-22(27)19-12-6-7-13-20(19)30-15-18-11-8-14-29-18/h3-7,9-10,12-13,18H,8,11,14-15H2,1-2H3,(H,24,27). The molecule has 1 aromatic heterocycles. The predicted molar refractivity (Wildman–Crippen MR) is 115 cm³/mol. The van der Waals surface area contributed by atoms with E-state index in [9.17, 15) is 9.59 Å². The van der Waals surface area contributed by atoms with E-state index < -0.39 is 0 Å². The first-order valence-electron chi connectivity index (χ1n) is 10.0. The van der Waals surface area contributed by atoms with E-state index >= 15 is 0 Å². The molecule has 0 radical (unpaired) electrons. The summed E-state index contributed by atoms with van der Waals surface area (Å²) in [6.45, 7) is 2.95. The number of carbonyl (C=O) groups excluding carboxylic acids is 1. The molecule has 7 heteroatoms. The molecular weight excluding hydrogens is 382 g/mol. The smallest absolute Gasteiger partial charge is 0.295 e. The first kappa shape index (κ1) is 20.0. The van der Waals surface area contributed by atoms with Crippen molar-refractivity contribution in [3.63, 3.8) is 0 Å². The lowest BCUT2D eigenvalue weighted by molar-refractivity contribution is 0.0673. The largest absolute Gasteiger partial charge is 0.490 e. The third kappa shape index (κ3) is 3.89. The van der Waals surface area contributed by atoms with Gasteiger partial charge in [0.05, 0.1) is 23.0 Å². The van der Waals surface area contributed by atoms with Crippen LogP contribution in [0.3, 0.4) is 0 Å². The van der Waals surface area contributed by atoms with Crippen molar-refractivity contribution in [2.24, 2.45) is 7.05 Å². The SMILES string of the molecule is Cc1c(NC(=O)c2ccccc2OCC2CCCO2)c(=O)n(-c2ccccc2)n1C. The van der Waals surface area contributed by atoms with Gasteiger partial charge in [0.25, 0.3) is 11.5 Å². The van der Waals surface area contributed by atoms with Gasteiger partial charge in [-0.2, -0.15) is 0 Å². The Labute approximate surface area is 174 Å². The maximum atomic E-state index is 13.0. The van der Waals surface area contributed by atoms with Crippen molar-refractivity contribution in [2.75, 3.05) is 18.5 Å². The van der Waals surface area contributed by atoms with E-state index in [1.54, 1.807) is 36.9 Å². The zero-order chi connectivity index (χ0) is 21.1. The summed E-state index contributed by atoms with van der Waals surface area (Å²) in [5, 5.41) is 2.79. The number of hydrogen-bond donors (Lipinski definition) is 1. The molecule has 4 rings (SSSR count). The summed E-state index contributed by atoms with van der Waals surface area (Å²) >= 11 is 0. The van der Waals surface area contributed by atoms with Gasteiger partial charge in [-0.15, -0.1) is 0 Å². The molecule has 1 N–H and O–H groups in total. The van der Waals surface area contributed by atoms with Crippen molar-refractivity contribution in [2.45, 2.75) is 25.9 Å². The van der Waals surface area contributed by atoms with Gasteiger partial charge in [0, 0.05) is 13.7 Å². The zero-order valence-corrected chi connectivity index (χ0v) is 17.1. The van der Waals surface area contributed by atoms with Gasteiger partial charge in [-0.3, -0.25) is 14.3 Å². The molecule has 30 heavy (non-hydrogen) atoms. The number of hydrogen-bond acceptors (Lipinski definition) is 4. The summed E-state index contributed by atoms with van der Waals surface area (Å²) in [5.41, 5.74) is 1.74. The molecule has 1 amide bonds. The van der Waals surface area contributed by atoms with Crippen LogP contribution >= 0.6 is 0 Å². The molecule has 3 aromatic rings. The number of nitrogens with zero attached hydrogens (tertiary/aromatic N) is 2. The highest BCUT2D eigenvalue weighted by atomic mass is 16.5. The fraction of sp³-hybridized carbons (Fsp3) is 0.304. The van der Waals surface area contributed by atoms with Gasteiger partial charge >= 0.3 is 0 Å². The van der Waals surface area contributed by atoms with Crippen molar-refractivity contribution >= 4 is 11.6 Å². The Balaban J connectivity index is 1.58. The maximum absolute atomic E-state index is 13.0. The summed E-state index contributed by atoms with van der Waals surface area (Å²) in [6, 6.07) is 16.3. The van der Waals surface area contributed by atoms with Crippen LogP contribution < -0.4 is 15.6 Å². The van der Waals surface area contributed by atoms with Crippen molar-refractivity contribution in [1.29, 1.82) is 0 Å². The Morgan fingerprint density at radius 2 is 1.90 bits per heavy atom. The molecule has 0 bridgehead atoms. The molecule has 0 saturated carbocycles. The molecule has 1 saturated heterocycles. The van der Waals surface area contributed by atoms with Crippen LogP contribution in [0.5, 0.6) is 5.75 Å². The number of carbonyl (C=O) groups is 1. The summed E-state index contributed by atoms with van der Waals surface area (Å²) in [6.07, 6.45) is 2.03. The lowest BCUT2D eigenvalue weighted by atomic mass is 10.2. The van der Waals surface area contributed by atoms with Crippen molar-refractivity contribution in [1.82, 2.24) is 9.36 Å². The summed E-state index contributed by atoms with van der Waals surface area (Å²) in [7, 11) is 1.79. The second-order valence-corrected chi connectivity index (χ2v) is 7.33. The van der Waals surface area contributed by atoms with Crippen molar-refractivity contribution < 1.29 is 14.3 Å². The quantitative estimate of drug-likeness (QED) is 0.680. The minimum Gasteiger partial charge on any atom is -0.490 e. The Morgan fingerprint density at radius 1 is 1.17 bits per heavy atom. The van der Waals surface area contributed by atoms with E-state index in [1.165, 1.54) is 4.68 Å². The Hall–Kier alpha value is -3.32. The third-order valence-corrected chi connectivity index (χ3v) is 5.37. The van der Waals surface area contributed by atoms with Gasteiger partial charge in [-0.25, -0.2) is 4.68 Å². The number of nitrogens with one attached hydrogen (secondary N) is 1. The molecule has 1 aliphatic rings. The van der Waals surface area contributed by atoms with Crippen LogP contribution in [0.4, 0.5) is 5.69 Å². The van der Waals surface area contributed by atoms with Gasteiger partial charge in [0.2, 0.25) is 0 Å². The van der Waals surface area contributed by atoms with Crippen LogP contribution in [0.15, 0.2) is 59.4 Å². The molecule has 1 fully saturated rings. The Bertz CT molecular complexity index is 1100. The molecule has 2 heterocycles. The molecule has 156 valence electrons. The van der Waals surface area contributed by atoms with E-state index in [-0.39, 0.29) is 23.3 Å². The van der Waals surface area contributed by atoms with Gasteiger partial charge in [-0.05, 0) is 44.0 Å². The minimum atomic E-state index is -0.385. The summed E-state index contributed by atoms with van der Waals surface area (Å²) in [4.78, 5) is 26.1. The molecule has 1 aliphatic heterocycles. The van der Waals surface area contributed by atoms with Crippen LogP contribution in [0.25, 0.3) is 5.69 Å². The van der Waals surface area contributed by atoms with Crippen LogP contribution in [0, 0.1) is 6.92 Å². The number of anilines is 1. The first-order chi connectivity index (χ1) is 14.6. The number of para-hydroxylation sites is 2. The van der Waals surface area contributed by atoms with Gasteiger partial charge in [0.15, 0.2) is 0 Å². The average molecular weight is 407 g/mol. The van der Waals surface area contributed by atoms with Crippen molar-refractivity contribution in [3.8, 4) is 11.4 Å². The molecule has 7 nitrogen and oxygen atoms in total. The van der Waals surface area contributed by atoms with Crippen LogP contribution in [0.2, 0.25) is 0 Å². The van der Waals surface area contributed by atoms with E-state index in [0.29, 0.717) is 23.6 Å². The number of ether oxygens (including phenoxy) is 2. The summed E-state index contributed by atoms with van der Waals surface area (Å²) < 4.78 is 14.7. The molecule has 0 aliphatic carbocycles. The Morgan fingerprint density at radius 3 is 2.63 bits per heavy atom. The van der Waals surface area contributed by atoms with Crippen LogP contribution in [0.1, 0.15) is 28.9 Å². The summed E-state index contributed by atoms with van der Waals surface area (Å²) in [5.74, 6) is 0.0893. The van der Waals surface area contributed by atoms with Crippen LogP contribution in [-0.2, 0) is 11.8 Å². The van der Waals surface area contributed by atoms with Gasteiger partial charge < -0.3 is 14.8 Å². The first-order valence-corrected chi connectivity index (χ1v) is 10.0. The van der Waals surface area contributed by atoms with E-state index in [2.05, 4.69) is 5.32 Å². The molecule has 0 spiro atoms. The Kier molecular flexibility index (Phi) is 5.72. The second kappa shape index (κ2) is 8.59. The normalized spacial score (nSPS) is 15.9. The molecule has 1 atom stereocenters. The molecular formula is C23H25N3O4. The number of amides is 1. The zero-order valence-electron chi connectivity index (χ0n) is 17.1. The highest BCUT2D eigenvalue weighted by Crippen LogP contribution is 2.22. The van der Waals surface area contributed by atoms with E-state index in [0.717, 1.165) is 25.1 Å². The average Bonchev–Trinajstić information content (AvgIpc) is 3.36. The maximum Gasteiger partial charge on any atom is 0.295 e. The highest BCUT2D eigenvalue weighted by Gasteiger charge is 2.22. The topological polar surface area (TPSA) is 74.5 Å². The fourth-order valence-corrected chi connectivity index (χ4v) is 3.63. The molecule has 2 aromatic carbocycles. The number of benzene rings is 2. The van der Waals surface area contributed by atoms with Crippen LogP contribution in [-0.4, -0.2) is 34.6 Å². The lowest BCUT2D eigenvalue weighted by Gasteiger charge is -2.14. The van der Waals surface area contributed by atoms with E-state index in [4.69, 9.17) is 9.47 Å². The van der Waals surface area contributed by atoms with Crippen molar-refractivity contribution in [3.05, 3.63) is 76.2 Å². The minimum absolute atomic E-state index is 0.0514. The number of rotatable bonds is 6. The third-order valence-electron chi connectivity index (χ3n) is 5.37. The number of aromatic nitrogens is 2. The van der Waals surface area contributed by atoms with Gasteiger partial charge in [-0.1, -0.05) is 30.3 Å². The lowest BCUT2D eigenvalue weighted by Crippen LogP contribution is -2.23. The fourth-order valence-electron chi connectivity index (χ4n) is 3.63. The van der Waals surface area contributed by atoms with E-state index in [1.807, 2.05) is 36.4 Å². The highest BCUT2D eigenvalue weighted by molar-refractivity contribution is 6.06. The monoisotopic (exact) mass is 407 g/mol. The predicted octanol–water partition coefficient (Wildman–Crippen LogP) is 3.29. The second-order valence-electron chi connectivity index (χ2n) is 7.33.